The molecule has 0 spiro atoms. The van der Waals surface area contributed by atoms with E-state index < -0.39 is 0 Å². The molecule has 1 heterocycles. The monoisotopic (exact) mass is 278 g/mol. The lowest BCUT2D eigenvalue weighted by Crippen LogP contribution is -2.46. The van der Waals surface area contributed by atoms with Crippen molar-refractivity contribution in [2.24, 2.45) is 11.8 Å². The van der Waals surface area contributed by atoms with Gasteiger partial charge in [-0.1, -0.05) is 32.6 Å². The van der Waals surface area contributed by atoms with Crippen molar-refractivity contribution in [2.45, 2.75) is 83.2 Å². The van der Waals surface area contributed by atoms with E-state index >= 15 is 0 Å². The third-order valence-corrected chi connectivity index (χ3v) is 6.20. The molecule has 2 aliphatic carbocycles. The zero-order valence-corrected chi connectivity index (χ0v) is 13.4. The SMILES string of the molecule is CCNC1CCCCC1CN1CCCC1C1CCCC1. The van der Waals surface area contributed by atoms with Crippen molar-refractivity contribution >= 4 is 0 Å². The zero-order chi connectivity index (χ0) is 13.8. The van der Waals surface area contributed by atoms with Crippen molar-refractivity contribution in [3.63, 3.8) is 0 Å². The van der Waals surface area contributed by atoms with Gasteiger partial charge in [0.25, 0.3) is 0 Å². The molecule has 116 valence electrons. The standard InChI is InChI=1S/C18H34N2/c1-2-19-17-11-6-5-10-16(17)14-20-13-7-12-18(20)15-8-3-4-9-15/h15-19H,2-14H2,1H3. The maximum Gasteiger partial charge on any atom is 0.0124 e. The number of rotatable bonds is 5. The predicted octanol–water partition coefficient (Wildman–Crippen LogP) is 3.81. The van der Waals surface area contributed by atoms with Crippen LogP contribution in [0.25, 0.3) is 0 Å². The van der Waals surface area contributed by atoms with Gasteiger partial charge in [-0.3, -0.25) is 4.90 Å². The van der Waals surface area contributed by atoms with Crippen molar-refractivity contribution < 1.29 is 0 Å². The van der Waals surface area contributed by atoms with Crippen LogP contribution in [0.5, 0.6) is 0 Å². The van der Waals surface area contributed by atoms with Gasteiger partial charge in [0.15, 0.2) is 0 Å². The molecule has 0 amide bonds. The van der Waals surface area contributed by atoms with Gasteiger partial charge < -0.3 is 5.32 Å². The number of hydrogen-bond acceptors (Lipinski definition) is 2. The minimum atomic E-state index is 0.804. The van der Waals surface area contributed by atoms with Crippen LogP contribution in [-0.2, 0) is 0 Å². The molecule has 1 saturated heterocycles. The first-order chi connectivity index (χ1) is 9.88. The highest BCUT2D eigenvalue weighted by Crippen LogP contribution is 2.37. The van der Waals surface area contributed by atoms with E-state index in [1.54, 1.807) is 0 Å². The summed E-state index contributed by atoms with van der Waals surface area (Å²) in [6, 6.07) is 1.75. The van der Waals surface area contributed by atoms with Gasteiger partial charge in [-0.05, 0) is 63.5 Å². The Hall–Kier alpha value is -0.0800. The number of hydrogen-bond donors (Lipinski definition) is 1. The number of nitrogens with zero attached hydrogens (tertiary/aromatic N) is 1. The van der Waals surface area contributed by atoms with Gasteiger partial charge >= 0.3 is 0 Å². The Labute approximate surface area is 125 Å². The highest BCUT2D eigenvalue weighted by molar-refractivity contribution is 4.91. The van der Waals surface area contributed by atoms with Crippen molar-refractivity contribution in [2.75, 3.05) is 19.6 Å². The third-order valence-electron chi connectivity index (χ3n) is 6.20. The quantitative estimate of drug-likeness (QED) is 0.822. The molecule has 20 heavy (non-hydrogen) atoms. The highest BCUT2D eigenvalue weighted by atomic mass is 15.2. The van der Waals surface area contributed by atoms with Gasteiger partial charge in [0.1, 0.15) is 0 Å². The highest BCUT2D eigenvalue weighted by Gasteiger charge is 2.35. The molecule has 0 aromatic heterocycles. The summed E-state index contributed by atoms with van der Waals surface area (Å²) < 4.78 is 0. The van der Waals surface area contributed by atoms with Crippen LogP contribution >= 0.6 is 0 Å². The van der Waals surface area contributed by atoms with E-state index in [9.17, 15) is 0 Å². The van der Waals surface area contributed by atoms with Crippen molar-refractivity contribution in [3.8, 4) is 0 Å². The molecule has 1 aliphatic heterocycles. The van der Waals surface area contributed by atoms with E-state index in [0.29, 0.717) is 0 Å². The van der Waals surface area contributed by atoms with Crippen LogP contribution in [0.4, 0.5) is 0 Å². The largest absolute Gasteiger partial charge is 0.314 e. The second-order valence-electron chi connectivity index (χ2n) is 7.46. The smallest absolute Gasteiger partial charge is 0.0124 e. The van der Waals surface area contributed by atoms with Crippen LogP contribution in [0.2, 0.25) is 0 Å². The first-order valence-electron chi connectivity index (χ1n) is 9.36. The Morgan fingerprint density at radius 1 is 0.900 bits per heavy atom. The molecule has 0 aromatic carbocycles. The fraction of sp³-hybridized carbons (Fsp3) is 1.00. The van der Waals surface area contributed by atoms with Gasteiger partial charge in [0.2, 0.25) is 0 Å². The second kappa shape index (κ2) is 7.26. The molecule has 2 nitrogen and oxygen atoms in total. The molecule has 0 aromatic rings. The Balaban J connectivity index is 1.57. The summed E-state index contributed by atoms with van der Waals surface area (Å²) in [6.07, 6.45) is 14.8. The molecule has 3 unspecified atom stereocenters. The molecule has 0 radical (unpaired) electrons. The van der Waals surface area contributed by atoms with Crippen LogP contribution in [0.3, 0.4) is 0 Å². The Kier molecular flexibility index (Phi) is 5.39. The van der Waals surface area contributed by atoms with E-state index in [0.717, 1.165) is 30.5 Å². The van der Waals surface area contributed by atoms with Crippen LogP contribution in [0, 0.1) is 11.8 Å². The maximum absolute atomic E-state index is 3.77. The van der Waals surface area contributed by atoms with Gasteiger partial charge in [-0.15, -0.1) is 0 Å². The van der Waals surface area contributed by atoms with E-state index in [4.69, 9.17) is 0 Å². The van der Waals surface area contributed by atoms with Crippen LogP contribution in [0.15, 0.2) is 0 Å². The lowest BCUT2D eigenvalue weighted by atomic mass is 9.83. The summed E-state index contributed by atoms with van der Waals surface area (Å²) in [7, 11) is 0. The fourth-order valence-electron chi connectivity index (χ4n) is 5.21. The third kappa shape index (κ3) is 3.39. The average molecular weight is 278 g/mol. The molecule has 1 N–H and O–H groups in total. The molecule has 2 saturated carbocycles. The van der Waals surface area contributed by atoms with Crippen molar-refractivity contribution in [1.29, 1.82) is 0 Å². The number of nitrogens with one attached hydrogen (secondary N) is 1. The molecule has 3 atom stereocenters. The van der Waals surface area contributed by atoms with Crippen LogP contribution in [-0.4, -0.2) is 36.6 Å². The van der Waals surface area contributed by atoms with Crippen molar-refractivity contribution in [1.82, 2.24) is 10.2 Å². The molecule has 0 bridgehead atoms. The molecular formula is C18H34N2. The zero-order valence-electron chi connectivity index (χ0n) is 13.4. The minimum absolute atomic E-state index is 0.804. The molecule has 3 aliphatic rings. The topological polar surface area (TPSA) is 15.3 Å². The summed E-state index contributed by atoms with van der Waals surface area (Å²) in [6.45, 7) is 6.19. The average Bonchev–Trinajstić information content (AvgIpc) is 3.11. The van der Waals surface area contributed by atoms with Crippen LogP contribution < -0.4 is 5.32 Å². The van der Waals surface area contributed by atoms with Gasteiger partial charge in [-0.25, -0.2) is 0 Å². The molecule has 2 heteroatoms. The Morgan fingerprint density at radius 3 is 2.45 bits per heavy atom. The van der Waals surface area contributed by atoms with E-state index in [-0.39, 0.29) is 0 Å². The van der Waals surface area contributed by atoms with Crippen LogP contribution in [0.1, 0.15) is 71.1 Å². The summed E-state index contributed by atoms with van der Waals surface area (Å²) in [4.78, 5) is 2.90. The van der Waals surface area contributed by atoms with Gasteiger partial charge in [-0.2, -0.15) is 0 Å². The van der Waals surface area contributed by atoms with E-state index in [1.807, 2.05) is 0 Å². The lowest BCUT2D eigenvalue weighted by Gasteiger charge is -2.38. The Bertz CT molecular complexity index is 283. The maximum atomic E-state index is 3.77. The van der Waals surface area contributed by atoms with Gasteiger partial charge in [0.05, 0.1) is 0 Å². The first kappa shape index (κ1) is 14.8. The van der Waals surface area contributed by atoms with E-state index in [1.165, 1.54) is 77.3 Å². The van der Waals surface area contributed by atoms with Gasteiger partial charge in [0, 0.05) is 18.6 Å². The van der Waals surface area contributed by atoms with Crippen molar-refractivity contribution in [3.05, 3.63) is 0 Å². The molecule has 3 rings (SSSR count). The minimum Gasteiger partial charge on any atom is -0.314 e. The predicted molar refractivity (Wildman–Crippen MR) is 86.0 cm³/mol. The molecular weight excluding hydrogens is 244 g/mol. The Morgan fingerprint density at radius 2 is 1.65 bits per heavy atom. The summed E-state index contributed by atoms with van der Waals surface area (Å²) in [5, 5.41) is 3.77. The summed E-state index contributed by atoms with van der Waals surface area (Å²) in [5.74, 6) is 1.96. The normalized spacial score (nSPS) is 36.8. The van der Waals surface area contributed by atoms with E-state index in [2.05, 4.69) is 17.1 Å². The first-order valence-corrected chi connectivity index (χ1v) is 9.36. The second-order valence-corrected chi connectivity index (χ2v) is 7.46. The summed E-state index contributed by atoms with van der Waals surface area (Å²) >= 11 is 0. The number of likely N-dealkylation sites (tertiary alicyclic amines) is 1. The lowest BCUT2D eigenvalue weighted by molar-refractivity contribution is 0.130. The fourth-order valence-corrected chi connectivity index (χ4v) is 5.21. The summed E-state index contributed by atoms with van der Waals surface area (Å²) in [5.41, 5.74) is 0. The molecule has 3 fully saturated rings.